The van der Waals surface area contributed by atoms with Crippen LogP contribution in [0.2, 0.25) is 0 Å². The van der Waals surface area contributed by atoms with Crippen LogP contribution in [-0.2, 0) is 27.1 Å². The Hall–Kier alpha value is -2.45. The van der Waals surface area contributed by atoms with E-state index in [1.165, 1.54) is 41.0 Å². The van der Waals surface area contributed by atoms with Crippen LogP contribution in [0.25, 0.3) is 0 Å². The van der Waals surface area contributed by atoms with Crippen LogP contribution in [0.4, 0.5) is 10.1 Å². The Morgan fingerprint density at radius 2 is 1.62 bits per heavy atom. The third kappa shape index (κ3) is 5.48. The molecule has 1 N–H and O–H groups in total. The summed E-state index contributed by atoms with van der Waals surface area (Å²) < 4.78 is 40.6. The number of hydrogen-bond donors (Lipinski definition) is 1. The number of hydrogen-bond acceptors (Lipinski definition) is 4. The van der Waals surface area contributed by atoms with Gasteiger partial charge in [0.1, 0.15) is 5.82 Å². The fourth-order valence-electron chi connectivity index (χ4n) is 4.43. The number of piperidine rings is 1. The van der Waals surface area contributed by atoms with Gasteiger partial charge in [0.2, 0.25) is 15.9 Å². The van der Waals surface area contributed by atoms with Gasteiger partial charge in [-0.15, -0.1) is 0 Å². The van der Waals surface area contributed by atoms with Gasteiger partial charge in [-0.05, 0) is 49.4 Å². The van der Waals surface area contributed by atoms with Crippen LogP contribution in [0, 0.1) is 11.7 Å². The van der Waals surface area contributed by atoms with Crippen LogP contribution >= 0.6 is 0 Å². The molecule has 4 rings (SSSR count). The highest BCUT2D eigenvalue weighted by molar-refractivity contribution is 7.88. The molecule has 8 heteroatoms. The van der Waals surface area contributed by atoms with Crippen LogP contribution in [0.15, 0.2) is 48.5 Å². The Morgan fingerprint density at radius 1 is 0.969 bits per heavy atom. The molecule has 32 heavy (non-hydrogen) atoms. The van der Waals surface area contributed by atoms with Gasteiger partial charge in [-0.3, -0.25) is 4.79 Å². The van der Waals surface area contributed by atoms with Crippen molar-refractivity contribution >= 4 is 21.6 Å². The van der Waals surface area contributed by atoms with E-state index in [0.717, 1.165) is 18.7 Å². The second kappa shape index (κ2) is 10.0. The summed E-state index contributed by atoms with van der Waals surface area (Å²) in [5.41, 5.74) is 2.44. The summed E-state index contributed by atoms with van der Waals surface area (Å²) in [6, 6.07) is 14.2. The van der Waals surface area contributed by atoms with Crippen LogP contribution < -0.4 is 10.2 Å². The van der Waals surface area contributed by atoms with E-state index < -0.39 is 15.8 Å². The van der Waals surface area contributed by atoms with Crippen molar-refractivity contribution in [2.45, 2.75) is 38.0 Å². The number of benzene rings is 2. The van der Waals surface area contributed by atoms with Crippen molar-refractivity contribution < 1.29 is 17.6 Å². The summed E-state index contributed by atoms with van der Waals surface area (Å²) in [4.78, 5) is 15.0. The zero-order chi connectivity index (χ0) is 22.6. The number of nitrogens with zero attached hydrogens (tertiary/aromatic N) is 2. The van der Waals surface area contributed by atoms with E-state index in [0.29, 0.717) is 19.4 Å². The van der Waals surface area contributed by atoms with Crippen molar-refractivity contribution in [2.24, 2.45) is 5.92 Å². The molecular formula is C24H30FN3O3S. The predicted octanol–water partition coefficient (Wildman–Crippen LogP) is 3.28. The van der Waals surface area contributed by atoms with Crippen molar-refractivity contribution in [2.75, 3.05) is 31.1 Å². The van der Waals surface area contributed by atoms with Gasteiger partial charge in [0.05, 0.1) is 5.75 Å². The zero-order valence-corrected chi connectivity index (χ0v) is 19.0. The van der Waals surface area contributed by atoms with E-state index >= 15 is 0 Å². The number of rotatable bonds is 7. The molecule has 172 valence electrons. The lowest BCUT2D eigenvalue weighted by atomic mass is 9.97. The molecule has 2 aromatic carbocycles. The maximum absolute atomic E-state index is 13.8. The third-order valence-electron chi connectivity index (χ3n) is 6.39. The number of carbonyl (C=O) groups excluding carboxylic acids is 1. The molecule has 0 atom stereocenters. The SMILES string of the molecule is O=C(NCc1ccc(N2CCCC2)cc1)C1CCN(S(=O)(=O)Cc2ccccc2F)CC1. The normalized spacial score (nSPS) is 18.1. The molecule has 0 radical (unpaired) electrons. The summed E-state index contributed by atoms with van der Waals surface area (Å²) in [5, 5.41) is 2.99. The summed E-state index contributed by atoms with van der Waals surface area (Å²) in [6.45, 7) is 3.22. The molecule has 2 aromatic rings. The lowest BCUT2D eigenvalue weighted by Gasteiger charge is -2.30. The summed E-state index contributed by atoms with van der Waals surface area (Å²) in [5.74, 6) is -1.12. The van der Waals surface area contributed by atoms with Crippen molar-refractivity contribution in [3.63, 3.8) is 0 Å². The lowest BCUT2D eigenvalue weighted by Crippen LogP contribution is -2.43. The van der Waals surface area contributed by atoms with Crippen LogP contribution in [0.5, 0.6) is 0 Å². The first-order valence-electron chi connectivity index (χ1n) is 11.3. The fraction of sp³-hybridized carbons (Fsp3) is 0.458. The largest absolute Gasteiger partial charge is 0.372 e. The molecular weight excluding hydrogens is 429 g/mol. The van der Waals surface area contributed by atoms with Crippen molar-refractivity contribution in [1.82, 2.24) is 9.62 Å². The molecule has 2 fully saturated rings. The average Bonchev–Trinajstić information content (AvgIpc) is 3.34. The molecule has 2 aliphatic rings. The smallest absolute Gasteiger partial charge is 0.223 e. The summed E-state index contributed by atoms with van der Waals surface area (Å²) in [6.07, 6.45) is 3.41. The number of halogens is 1. The van der Waals surface area contributed by atoms with Crippen molar-refractivity contribution in [3.05, 3.63) is 65.5 Å². The molecule has 2 heterocycles. The molecule has 2 aliphatic heterocycles. The Bertz CT molecular complexity index is 1030. The molecule has 6 nitrogen and oxygen atoms in total. The number of amides is 1. The number of anilines is 1. The van der Waals surface area contributed by atoms with Crippen LogP contribution in [0.3, 0.4) is 0 Å². The average molecular weight is 460 g/mol. The van der Waals surface area contributed by atoms with E-state index in [1.807, 2.05) is 12.1 Å². The molecule has 0 spiro atoms. The zero-order valence-electron chi connectivity index (χ0n) is 18.2. The molecule has 0 unspecified atom stereocenters. The minimum Gasteiger partial charge on any atom is -0.372 e. The molecule has 1 amide bonds. The standard InChI is InChI=1S/C24H30FN3O3S/c25-23-6-2-1-5-21(23)18-32(30,31)28-15-11-20(12-16-28)24(29)26-17-19-7-9-22(10-8-19)27-13-3-4-14-27/h1-2,5-10,20H,3-4,11-18H2,(H,26,29). The van der Waals surface area contributed by atoms with E-state index in [1.54, 1.807) is 6.07 Å². The first-order chi connectivity index (χ1) is 15.4. The monoisotopic (exact) mass is 459 g/mol. The van der Waals surface area contributed by atoms with Gasteiger partial charge < -0.3 is 10.2 Å². The highest BCUT2D eigenvalue weighted by atomic mass is 32.2. The first kappa shape index (κ1) is 22.7. The van der Waals surface area contributed by atoms with Gasteiger partial charge in [0, 0.05) is 49.9 Å². The van der Waals surface area contributed by atoms with E-state index in [4.69, 9.17) is 0 Å². The van der Waals surface area contributed by atoms with Gasteiger partial charge in [-0.25, -0.2) is 17.1 Å². The Labute approximate surface area is 189 Å². The van der Waals surface area contributed by atoms with Gasteiger partial charge in [-0.1, -0.05) is 30.3 Å². The number of nitrogens with one attached hydrogen (secondary N) is 1. The second-order valence-electron chi connectivity index (χ2n) is 8.60. The molecule has 2 saturated heterocycles. The lowest BCUT2D eigenvalue weighted by molar-refractivity contribution is -0.126. The predicted molar refractivity (Wildman–Crippen MR) is 123 cm³/mol. The molecule has 0 aromatic heterocycles. The van der Waals surface area contributed by atoms with Gasteiger partial charge in [-0.2, -0.15) is 0 Å². The Balaban J connectivity index is 1.25. The highest BCUT2D eigenvalue weighted by Gasteiger charge is 2.31. The Kier molecular flexibility index (Phi) is 7.10. The molecule has 0 aliphatic carbocycles. The maximum atomic E-state index is 13.8. The van der Waals surface area contributed by atoms with Crippen molar-refractivity contribution in [1.29, 1.82) is 0 Å². The maximum Gasteiger partial charge on any atom is 0.223 e. The van der Waals surface area contributed by atoms with E-state index in [9.17, 15) is 17.6 Å². The summed E-state index contributed by atoms with van der Waals surface area (Å²) >= 11 is 0. The highest BCUT2D eigenvalue weighted by Crippen LogP contribution is 2.23. The van der Waals surface area contributed by atoms with Gasteiger partial charge in [0.15, 0.2) is 0 Å². The van der Waals surface area contributed by atoms with Crippen LogP contribution in [-0.4, -0.2) is 44.8 Å². The number of carbonyl (C=O) groups is 1. The topological polar surface area (TPSA) is 69.7 Å². The minimum atomic E-state index is -3.62. The Morgan fingerprint density at radius 3 is 2.28 bits per heavy atom. The third-order valence-corrected chi connectivity index (χ3v) is 8.22. The second-order valence-corrected chi connectivity index (χ2v) is 10.6. The first-order valence-corrected chi connectivity index (χ1v) is 12.9. The quantitative estimate of drug-likeness (QED) is 0.690. The van der Waals surface area contributed by atoms with E-state index in [2.05, 4.69) is 22.3 Å². The van der Waals surface area contributed by atoms with Gasteiger partial charge >= 0.3 is 0 Å². The minimum absolute atomic E-state index is 0.0419. The number of sulfonamides is 1. The molecule has 0 bridgehead atoms. The molecule has 0 saturated carbocycles. The van der Waals surface area contributed by atoms with Crippen LogP contribution in [0.1, 0.15) is 36.8 Å². The van der Waals surface area contributed by atoms with E-state index in [-0.39, 0.29) is 36.2 Å². The van der Waals surface area contributed by atoms with Gasteiger partial charge in [0.25, 0.3) is 0 Å². The summed E-state index contributed by atoms with van der Waals surface area (Å²) in [7, 11) is -3.62. The fourth-order valence-corrected chi connectivity index (χ4v) is 6.01. The van der Waals surface area contributed by atoms with Crippen molar-refractivity contribution in [3.8, 4) is 0 Å².